The Morgan fingerprint density at radius 2 is 2.00 bits per heavy atom. The summed E-state index contributed by atoms with van der Waals surface area (Å²) in [6.45, 7) is 0. The minimum absolute atomic E-state index is 0.649. The Hall–Kier alpha value is -1.66. The van der Waals surface area contributed by atoms with Gasteiger partial charge in [-0.05, 0) is 11.5 Å². The molecule has 13 heavy (non-hydrogen) atoms. The van der Waals surface area contributed by atoms with Crippen LogP contribution in [0.4, 0.5) is 0 Å². The summed E-state index contributed by atoms with van der Waals surface area (Å²) >= 11 is 1.31. The predicted octanol–water partition coefficient (Wildman–Crippen LogP) is 2.68. The monoisotopic (exact) mass is 186 g/mol. The molecule has 1 aromatic heterocycles. The normalized spacial score (nSPS) is 9.46. The van der Waals surface area contributed by atoms with Crippen LogP contribution in [0.3, 0.4) is 0 Å². The van der Waals surface area contributed by atoms with E-state index in [0.717, 1.165) is 11.3 Å². The average Bonchev–Trinajstić information content (AvgIpc) is 2.67. The van der Waals surface area contributed by atoms with Crippen LogP contribution in [-0.2, 0) is 0 Å². The lowest BCUT2D eigenvalue weighted by Gasteiger charge is -1.94. The van der Waals surface area contributed by atoms with E-state index in [2.05, 4.69) is 10.4 Å². The fraction of sp³-hybridized carbons (Fsp3) is 0. The molecule has 0 saturated carbocycles. The highest BCUT2D eigenvalue weighted by molar-refractivity contribution is 7.04. The highest BCUT2D eigenvalue weighted by Gasteiger charge is 2.06. The smallest absolute Gasteiger partial charge is 0.102 e. The van der Waals surface area contributed by atoms with Crippen LogP contribution < -0.4 is 0 Å². The Labute approximate surface area is 80.2 Å². The van der Waals surface area contributed by atoms with Crippen LogP contribution in [-0.4, -0.2) is 4.37 Å². The van der Waals surface area contributed by atoms with Gasteiger partial charge in [0.05, 0.1) is 5.56 Å². The van der Waals surface area contributed by atoms with Gasteiger partial charge >= 0.3 is 0 Å². The molecule has 0 fully saturated rings. The number of aromatic nitrogens is 1. The molecule has 62 valence electrons. The Bertz CT molecular complexity index is 439. The summed E-state index contributed by atoms with van der Waals surface area (Å²) in [5, 5.41) is 10.6. The van der Waals surface area contributed by atoms with Crippen molar-refractivity contribution in [3.05, 3.63) is 41.3 Å². The molecule has 2 aromatic rings. The minimum Gasteiger partial charge on any atom is -0.192 e. The van der Waals surface area contributed by atoms with Crippen molar-refractivity contribution in [2.45, 2.75) is 0 Å². The summed E-state index contributed by atoms with van der Waals surface area (Å²) in [5.41, 5.74) is 2.43. The highest BCUT2D eigenvalue weighted by Crippen LogP contribution is 2.22. The number of nitriles is 1. The lowest BCUT2D eigenvalue weighted by molar-refractivity contribution is 1.46. The van der Waals surface area contributed by atoms with Gasteiger partial charge in [0.15, 0.2) is 0 Å². The molecule has 0 spiro atoms. The summed E-state index contributed by atoms with van der Waals surface area (Å²) in [5.74, 6) is 0. The van der Waals surface area contributed by atoms with Crippen LogP contribution in [0.25, 0.3) is 11.3 Å². The van der Waals surface area contributed by atoms with Gasteiger partial charge in [-0.15, -0.1) is 0 Å². The highest BCUT2D eigenvalue weighted by atomic mass is 32.1. The van der Waals surface area contributed by atoms with Gasteiger partial charge in [-0.2, -0.15) is 9.64 Å². The molecule has 0 N–H and O–H groups in total. The van der Waals surface area contributed by atoms with E-state index in [1.807, 2.05) is 30.3 Å². The second-order valence-corrected chi connectivity index (χ2v) is 3.18. The van der Waals surface area contributed by atoms with Crippen molar-refractivity contribution in [3.63, 3.8) is 0 Å². The third-order valence-electron chi connectivity index (χ3n) is 1.74. The van der Waals surface area contributed by atoms with Gasteiger partial charge in [0, 0.05) is 10.9 Å². The van der Waals surface area contributed by atoms with Crippen molar-refractivity contribution in [1.29, 1.82) is 5.26 Å². The Balaban J connectivity index is 2.54. The maximum Gasteiger partial charge on any atom is 0.102 e. The average molecular weight is 186 g/mol. The molecule has 3 heteroatoms. The fourth-order valence-electron chi connectivity index (χ4n) is 1.12. The van der Waals surface area contributed by atoms with E-state index < -0.39 is 0 Å². The molecule has 2 nitrogen and oxygen atoms in total. The lowest BCUT2D eigenvalue weighted by atomic mass is 10.1. The first-order chi connectivity index (χ1) is 6.42. The zero-order chi connectivity index (χ0) is 9.10. The Kier molecular flexibility index (Phi) is 2.07. The van der Waals surface area contributed by atoms with Crippen LogP contribution in [0.1, 0.15) is 5.56 Å². The second kappa shape index (κ2) is 3.38. The maximum atomic E-state index is 8.79. The molecule has 0 aliphatic heterocycles. The van der Waals surface area contributed by atoms with Crippen LogP contribution >= 0.6 is 11.5 Å². The summed E-state index contributed by atoms with van der Waals surface area (Å²) in [6, 6.07) is 11.9. The first-order valence-electron chi connectivity index (χ1n) is 3.81. The topological polar surface area (TPSA) is 36.7 Å². The molecule has 1 heterocycles. The Morgan fingerprint density at radius 1 is 1.23 bits per heavy atom. The summed E-state index contributed by atoms with van der Waals surface area (Å²) in [6.07, 6.45) is 0. The number of hydrogen-bond donors (Lipinski definition) is 0. The lowest BCUT2D eigenvalue weighted by Crippen LogP contribution is -1.79. The van der Waals surface area contributed by atoms with E-state index in [0.29, 0.717) is 5.56 Å². The molecule has 0 amide bonds. The third-order valence-corrected chi connectivity index (χ3v) is 2.37. The molecule has 0 radical (unpaired) electrons. The fourth-order valence-corrected chi connectivity index (χ4v) is 1.75. The molecule has 0 unspecified atom stereocenters. The molecule has 0 atom stereocenters. The van der Waals surface area contributed by atoms with Gasteiger partial charge in [0.2, 0.25) is 0 Å². The van der Waals surface area contributed by atoms with Gasteiger partial charge in [-0.1, -0.05) is 30.3 Å². The van der Waals surface area contributed by atoms with Crippen LogP contribution in [0.5, 0.6) is 0 Å². The molecule has 0 saturated heterocycles. The molecule has 0 aliphatic carbocycles. The van der Waals surface area contributed by atoms with Gasteiger partial charge < -0.3 is 0 Å². The first kappa shape index (κ1) is 7.96. The van der Waals surface area contributed by atoms with Gasteiger partial charge in [0.1, 0.15) is 11.8 Å². The van der Waals surface area contributed by atoms with E-state index in [9.17, 15) is 0 Å². The predicted molar refractivity (Wildman–Crippen MR) is 52.3 cm³/mol. The number of hydrogen-bond acceptors (Lipinski definition) is 3. The Morgan fingerprint density at radius 3 is 2.69 bits per heavy atom. The summed E-state index contributed by atoms with van der Waals surface area (Å²) in [4.78, 5) is 0. The van der Waals surface area contributed by atoms with E-state index in [1.165, 1.54) is 11.5 Å². The third kappa shape index (κ3) is 1.44. The SMILES string of the molecule is N#Cc1csnc1-c1ccccc1. The zero-order valence-electron chi connectivity index (χ0n) is 6.77. The maximum absolute atomic E-state index is 8.79. The number of nitrogens with zero attached hydrogens (tertiary/aromatic N) is 2. The van der Waals surface area contributed by atoms with Crippen LogP contribution in [0, 0.1) is 11.3 Å². The van der Waals surface area contributed by atoms with E-state index >= 15 is 0 Å². The minimum atomic E-state index is 0.649. The summed E-state index contributed by atoms with van der Waals surface area (Å²) < 4.78 is 4.18. The standard InChI is InChI=1S/C10H6N2S/c11-6-9-7-13-12-10(9)8-4-2-1-3-5-8/h1-5,7H. The van der Waals surface area contributed by atoms with Gasteiger partial charge in [0.25, 0.3) is 0 Å². The number of benzene rings is 1. The van der Waals surface area contributed by atoms with Crippen LogP contribution in [0.2, 0.25) is 0 Å². The largest absolute Gasteiger partial charge is 0.192 e. The molecule has 0 bridgehead atoms. The van der Waals surface area contributed by atoms with Crippen molar-refractivity contribution in [2.75, 3.05) is 0 Å². The summed E-state index contributed by atoms with van der Waals surface area (Å²) in [7, 11) is 0. The number of rotatable bonds is 1. The molecule has 1 aromatic carbocycles. The van der Waals surface area contributed by atoms with Gasteiger partial charge in [-0.25, -0.2) is 0 Å². The van der Waals surface area contributed by atoms with Gasteiger partial charge in [-0.3, -0.25) is 0 Å². The van der Waals surface area contributed by atoms with E-state index in [-0.39, 0.29) is 0 Å². The first-order valence-corrected chi connectivity index (χ1v) is 4.65. The van der Waals surface area contributed by atoms with Crippen molar-refractivity contribution in [1.82, 2.24) is 4.37 Å². The van der Waals surface area contributed by atoms with Crippen molar-refractivity contribution in [3.8, 4) is 17.3 Å². The quantitative estimate of drug-likeness (QED) is 0.686. The second-order valence-electron chi connectivity index (χ2n) is 2.55. The molecule has 2 rings (SSSR count). The van der Waals surface area contributed by atoms with Crippen molar-refractivity contribution >= 4 is 11.5 Å². The van der Waals surface area contributed by atoms with E-state index in [1.54, 1.807) is 5.38 Å². The van der Waals surface area contributed by atoms with Crippen LogP contribution in [0.15, 0.2) is 35.7 Å². The molecule has 0 aliphatic rings. The van der Waals surface area contributed by atoms with Crippen molar-refractivity contribution in [2.24, 2.45) is 0 Å². The molecular formula is C10H6N2S. The molecular weight excluding hydrogens is 180 g/mol. The van der Waals surface area contributed by atoms with E-state index in [4.69, 9.17) is 5.26 Å². The van der Waals surface area contributed by atoms with Crippen molar-refractivity contribution < 1.29 is 0 Å². The zero-order valence-corrected chi connectivity index (χ0v) is 7.58.